The smallest absolute Gasteiger partial charge is 0.175 e. The Labute approximate surface area is 110 Å². The van der Waals surface area contributed by atoms with E-state index in [4.69, 9.17) is 19.3 Å². The predicted octanol–water partition coefficient (Wildman–Crippen LogP) is 2.37. The molecule has 0 aliphatic rings. The lowest BCUT2D eigenvalue weighted by molar-refractivity contribution is 0.108. The minimum absolute atomic E-state index is 0.0335. The van der Waals surface area contributed by atoms with Gasteiger partial charge in [0.2, 0.25) is 0 Å². The zero-order valence-electron chi connectivity index (χ0n) is 10.0. The second-order valence-electron chi connectivity index (χ2n) is 3.31. The van der Waals surface area contributed by atoms with Crippen molar-refractivity contribution < 1.29 is 19.3 Å². The SMILES string of the molecule is CCOCCOc1c(Br)cc(CO)cc1OC. The Morgan fingerprint density at radius 2 is 2.06 bits per heavy atom. The molecule has 0 fully saturated rings. The molecular formula is C12H17BrO4. The van der Waals surface area contributed by atoms with E-state index in [2.05, 4.69) is 15.9 Å². The Kier molecular flexibility index (Phi) is 6.32. The van der Waals surface area contributed by atoms with Crippen LogP contribution in [0.1, 0.15) is 12.5 Å². The summed E-state index contributed by atoms with van der Waals surface area (Å²) in [7, 11) is 1.57. The summed E-state index contributed by atoms with van der Waals surface area (Å²) < 4.78 is 16.8. The van der Waals surface area contributed by atoms with Gasteiger partial charge in [-0.25, -0.2) is 0 Å². The third kappa shape index (κ3) is 4.18. The van der Waals surface area contributed by atoms with E-state index >= 15 is 0 Å². The van der Waals surface area contributed by atoms with E-state index in [0.717, 1.165) is 10.0 Å². The maximum Gasteiger partial charge on any atom is 0.175 e. The van der Waals surface area contributed by atoms with Crippen LogP contribution in [0, 0.1) is 0 Å². The second kappa shape index (κ2) is 7.53. The fourth-order valence-electron chi connectivity index (χ4n) is 1.35. The highest BCUT2D eigenvalue weighted by atomic mass is 79.9. The van der Waals surface area contributed by atoms with Crippen LogP contribution in [0.15, 0.2) is 16.6 Å². The first kappa shape index (κ1) is 14.3. The quantitative estimate of drug-likeness (QED) is 0.786. The minimum Gasteiger partial charge on any atom is -0.493 e. The normalized spacial score (nSPS) is 10.4. The van der Waals surface area contributed by atoms with E-state index < -0.39 is 0 Å². The zero-order valence-corrected chi connectivity index (χ0v) is 11.6. The number of aliphatic hydroxyl groups is 1. The van der Waals surface area contributed by atoms with Gasteiger partial charge in [0.15, 0.2) is 11.5 Å². The van der Waals surface area contributed by atoms with Crippen molar-refractivity contribution in [3.63, 3.8) is 0 Å². The molecule has 0 saturated carbocycles. The Morgan fingerprint density at radius 1 is 1.29 bits per heavy atom. The molecule has 0 unspecified atom stereocenters. The van der Waals surface area contributed by atoms with Crippen LogP contribution in [-0.2, 0) is 11.3 Å². The minimum atomic E-state index is -0.0335. The van der Waals surface area contributed by atoms with Crippen LogP contribution in [0.3, 0.4) is 0 Å². The summed E-state index contributed by atoms with van der Waals surface area (Å²) in [6.07, 6.45) is 0. The molecule has 0 atom stereocenters. The molecule has 0 aromatic heterocycles. The predicted molar refractivity (Wildman–Crippen MR) is 68.6 cm³/mol. The van der Waals surface area contributed by atoms with Crippen LogP contribution < -0.4 is 9.47 Å². The molecule has 0 saturated heterocycles. The van der Waals surface area contributed by atoms with Gasteiger partial charge in [0, 0.05) is 6.61 Å². The Hall–Kier alpha value is -0.780. The summed E-state index contributed by atoms with van der Waals surface area (Å²) in [6, 6.07) is 3.55. The summed E-state index contributed by atoms with van der Waals surface area (Å²) in [5, 5.41) is 9.08. The second-order valence-corrected chi connectivity index (χ2v) is 4.17. The molecule has 1 aromatic carbocycles. The van der Waals surface area contributed by atoms with Crippen molar-refractivity contribution in [3.8, 4) is 11.5 Å². The average molecular weight is 305 g/mol. The summed E-state index contributed by atoms with van der Waals surface area (Å²) in [4.78, 5) is 0. The molecule has 4 nitrogen and oxygen atoms in total. The monoisotopic (exact) mass is 304 g/mol. The van der Waals surface area contributed by atoms with Crippen LogP contribution >= 0.6 is 15.9 Å². The van der Waals surface area contributed by atoms with Gasteiger partial charge in [-0.2, -0.15) is 0 Å². The number of benzene rings is 1. The standard InChI is InChI=1S/C12H17BrO4/c1-3-16-4-5-17-12-10(13)6-9(8-14)7-11(12)15-2/h6-7,14H,3-5,8H2,1-2H3. The number of rotatable bonds is 7. The Balaban J connectivity index is 2.75. The van der Waals surface area contributed by atoms with Crippen molar-refractivity contribution in [1.29, 1.82) is 0 Å². The van der Waals surface area contributed by atoms with Gasteiger partial charge in [-0.15, -0.1) is 0 Å². The van der Waals surface area contributed by atoms with Crippen molar-refractivity contribution in [1.82, 2.24) is 0 Å². The third-order valence-corrected chi connectivity index (χ3v) is 2.74. The van der Waals surface area contributed by atoms with Gasteiger partial charge in [-0.3, -0.25) is 0 Å². The van der Waals surface area contributed by atoms with Gasteiger partial charge in [-0.1, -0.05) is 0 Å². The average Bonchev–Trinajstić information content (AvgIpc) is 2.35. The summed E-state index contributed by atoms with van der Waals surface area (Å²) >= 11 is 3.39. The number of ether oxygens (including phenoxy) is 3. The first-order valence-electron chi connectivity index (χ1n) is 5.40. The van der Waals surface area contributed by atoms with Crippen molar-refractivity contribution in [3.05, 3.63) is 22.2 Å². The molecule has 1 aromatic rings. The lowest BCUT2D eigenvalue weighted by Gasteiger charge is -2.13. The molecule has 0 aliphatic heterocycles. The van der Waals surface area contributed by atoms with Gasteiger partial charge in [0.1, 0.15) is 6.61 Å². The molecule has 0 heterocycles. The largest absolute Gasteiger partial charge is 0.493 e. The molecule has 0 radical (unpaired) electrons. The number of hydrogen-bond acceptors (Lipinski definition) is 4. The fourth-order valence-corrected chi connectivity index (χ4v) is 1.96. The Morgan fingerprint density at radius 3 is 2.65 bits per heavy atom. The molecule has 96 valence electrons. The van der Waals surface area contributed by atoms with Crippen LogP contribution in [0.2, 0.25) is 0 Å². The molecule has 0 aliphatic carbocycles. The van der Waals surface area contributed by atoms with Crippen LogP contribution in [-0.4, -0.2) is 32.0 Å². The summed E-state index contributed by atoms with van der Waals surface area (Å²) in [5.74, 6) is 1.23. The molecule has 0 bridgehead atoms. The molecular weight excluding hydrogens is 288 g/mol. The highest BCUT2D eigenvalue weighted by molar-refractivity contribution is 9.10. The first-order chi connectivity index (χ1) is 8.22. The van der Waals surface area contributed by atoms with E-state index in [1.807, 2.05) is 6.92 Å². The van der Waals surface area contributed by atoms with Crippen molar-refractivity contribution >= 4 is 15.9 Å². The summed E-state index contributed by atoms with van der Waals surface area (Å²) in [6.45, 7) is 3.57. The van der Waals surface area contributed by atoms with E-state index in [1.165, 1.54) is 0 Å². The third-order valence-electron chi connectivity index (χ3n) is 2.15. The molecule has 0 amide bonds. The maximum atomic E-state index is 9.08. The molecule has 0 spiro atoms. The number of halogens is 1. The van der Waals surface area contributed by atoms with Gasteiger partial charge >= 0.3 is 0 Å². The van der Waals surface area contributed by atoms with Gasteiger partial charge in [-0.05, 0) is 40.5 Å². The highest BCUT2D eigenvalue weighted by Crippen LogP contribution is 2.36. The number of hydrogen-bond donors (Lipinski definition) is 1. The highest BCUT2D eigenvalue weighted by Gasteiger charge is 2.11. The molecule has 5 heteroatoms. The van der Waals surface area contributed by atoms with Crippen molar-refractivity contribution in [2.75, 3.05) is 26.9 Å². The summed E-state index contributed by atoms with van der Waals surface area (Å²) in [5.41, 5.74) is 0.769. The van der Waals surface area contributed by atoms with Crippen molar-refractivity contribution in [2.24, 2.45) is 0 Å². The van der Waals surface area contributed by atoms with Crippen molar-refractivity contribution in [2.45, 2.75) is 13.5 Å². The lowest BCUT2D eigenvalue weighted by Crippen LogP contribution is -2.07. The van der Waals surface area contributed by atoms with E-state index in [0.29, 0.717) is 31.3 Å². The topological polar surface area (TPSA) is 47.9 Å². The lowest BCUT2D eigenvalue weighted by atomic mass is 10.2. The number of aliphatic hydroxyl groups excluding tert-OH is 1. The van der Waals surface area contributed by atoms with E-state index in [1.54, 1.807) is 19.2 Å². The molecule has 1 N–H and O–H groups in total. The molecule has 1 rings (SSSR count). The van der Waals surface area contributed by atoms with Gasteiger partial charge in [0.25, 0.3) is 0 Å². The molecule has 17 heavy (non-hydrogen) atoms. The van der Waals surface area contributed by atoms with E-state index in [9.17, 15) is 0 Å². The fraction of sp³-hybridized carbons (Fsp3) is 0.500. The van der Waals surface area contributed by atoms with Gasteiger partial charge in [0.05, 0.1) is 24.8 Å². The van der Waals surface area contributed by atoms with Crippen LogP contribution in [0.4, 0.5) is 0 Å². The van der Waals surface area contributed by atoms with Gasteiger partial charge < -0.3 is 19.3 Å². The Bertz CT molecular complexity index is 355. The number of methoxy groups -OCH3 is 1. The first-order valence-corrected chi connectivity index (χ1v) is 6.20. The maximum absolute atomic E-state index is 9.08. The van der Waals surface area contributed by atoms with E-state index in [-0.39, 0.29) is 6.61 Å². The van der Waals surface area contributed by atoms with Crippen LogP contribution in [0.5, 0.6) is 11.5 Å². The van der Waals surface area contributed by atoms with Crippen LogP contribution in [0.25, 0.3) is 0 Å². The zero-order chi connectivity index (χ0) is 12.7.